The normalized spacial score (nSPS) is 10.6. The molecule has 1 aromatic heterocycles. The van der Waals surface area contributed by atoms with Crippen LogP contribution in [0.3, 0.4) is 0 Å². The van der Waals surface area contributed by atoms with E-state index in [-0.39, 0.29) is 0 Å². The minimum Gasteiger partial charge on any atom is -0.359 e. The SMILES string of the molecule is CNc1nc(C)cn1Cc1ccc(F)c(F)c1. The zero-order valence-electron chi connectivity index (χ0n) is 9.67. The van der Waals surface area contributed by atoms with Gasteiger partial charge in [0.05, 0.1) is 12.2 Å². The van der Waals surface area contributed by atoms with Crippen molar-refractivity contribution in [1.29, 1.82) is 0 Å². The Balaban J connectivity index is 2.27. The molecule has 0 saturated heterocycles. The fourth-order valence-electron chi connectivity index (χ4n) is 1.70. The summed E-state index contributed by atoms with van der Waals surface area (Å²) in [5.74, 6) is -0.957. The van der Waals surface area contributed by atoms with Gasteiger partial charge in [0.25, 0.3) is 0 Å². The monoisotopic (exact) mass is 237 g/mol. The molecular formula is C12H13F2N3. The van der Waals surface area contributed by atoms with Crippen LogP contribution in [0.4, 0.5) is 14.7 Å². The van der Waals surface area contributed by atoms with Crippen LogP contribution >= 0.6 is 0 Å². The Morgan fingerprint density at radius 3 is 2.71 bits per heavy atom. The Kier molecular flexibility index (Phi) is 3.08. The van der Waals surface area contributed by atoms with Gasteiger partial charge in [-0.1, -0.05) is 6.07 Å². The lowest BCUT2D eigenvalue weighted by Crippen LogP contribution is -2.04. The maximum Gasteiger partial charge on any atom is 0.203 e. The van der Waals surface area contributed by atoms with E-state index in [1.165, 1.54) is 6.07 Å². The molecule has 1 N–H and O–H groups in total. The van der Waals surface area contributed by atoms with Crippen molar-refractivity contribution in [3.8, 4) is 0 Å². The molecule has 0 spiro atoms. The van der Waals surface area contributed by atoms with Crippen molar-refractivity contribution in [3.05, 3.63) is 47.3 Å². The summed E-state index contributed by atoms with van der Waals surface area (Å²) >= 11 is 0. The predicted molar refractivity (Wildman–Crippen MR) is 62.0 cm³/mol. The molecule has 5 heteroatoms. The van der Waals surface area contributed by atoms with Gasteiger partial charge in [-0.2, -0.15) is 0 Å². The summed E-state index contributed by atoms with van der Waals surface area (Å²) in [5.41, 5.74) is 1.56. The van der Waals surface area contributed by atoms with Crippen LogP contribution in [0.2, 0.25) is 0 Å². The minimum absolute atomic E-state index is 0.453. The smallest absolute Gasteiger partial charge is 0.203 e. The van der Waals surface area contributed by atoms with E-state index in [2.05, 4.69) is 10.3 Å². The van der Waals surface area contributed by atoms with Gasteiger partial charge in [0.2, 0.25) is 5.95 Å². The van der Waals surface area contributed by atoms with Gasteiger partial charge < -0.3 is 9.88 Å². The summed E-state index contributed by atoms with van der Waals surface area (Å²) in [5, 5.41) is 2.95. The summed E-state index contributed by atoms with van der Waals surface area (Å²) < 4.78 is 27.7. The van der Waals surface area contributed by atoms with Gasteiger partial charge in [-0.15, -0.1) is 0 Å². The van der Waals surface area contributed by atoms with Gasteiger partial charge in [-0.05, 0) is 24.6 Å². The van der Waals surface area contributed by atoms with Crippen LogP contribution in [0.15, 0.2) is 24.4 Å². The van der Waals surface area contributed by atoms with Crippen molar-refractivity contribution in [2.75, 3.05) is 12.4 Å². The zero-order valence-corrected chi connectivity index (χ0v) is 9.67. The number of halogens is 2. The Hall–Kier alpha value is -1.91. The highest BCUT2D eigenvalue weighted by atomic mass is 19.2. The molecular weight excluding hydrogens is 224 g/mol. The van der Waals surface area contributed by atoms with Crippen LogP contribution in [0.1, 0.15) is 11.3 Å². The highest BCUT2D eigenvalue weighted by Crippen LogP contribution is 2.14. The summed E-state index contributed by atoms with van der Waals surface area (Å²) in [6, 6.07) is 3.89. The van der Waals surface area contributed by atoms with Crippen molar-refractivity contribution in [2.24, 2.45) is 0 Å². The summed E-state index contributed by atoms with van der Waals surface area (Å²) in [6.07, 6.45) is 1.85. The number of imidazole rings is 1. The molecule has 2 aromatic rings. The molecule has 0 fully saturated rings. The topological polar surface area (TPSA) is 29.9 Å². The zero-order chi connectivity index (χ0) is 12.4. The van der Waals surface area contributed by atoms with Gasteiger partial charge in [0.1, 0.15) is 0 Å². The Morgan fingerprint density at radius 1 is 1.29 bits per heavy atom. The Bertz CT molecular complexity index is 535. The number of aryl methyl sites for hydroxylation is 1. The Labute approximate surface area is 98.1 Å². The maximum absolute atomic E-state index is 13.1. The van der Waals surface area contributed by atoms with Gasteiger partial charge in [0.15, 0.2) is 11.6 Å². The summed E-state index contributed by atoms with van der Waals surface area (Å²) in [7, 11) is 1.77. The molecule has 1 aromatic carbocycles. The van der Waals surface area contributed by atoms with Gasteiger partial charge in [-0.3, -0.25) is 0 Å². The number of nitrogens with zero attached hydrogens (tertiary/aromatic N) is 2. The van der Waals surface area contributed by atoms with E-state index in [1.807, 2.05) is 17.7 Å². The highest BCUT2D eigenvalue weighted by molar-refractivity contribution is 5.29. The van der Waals surface area contributed by atoms with E-state index in [1.54, 1.807) is 13.1 Å². The highest BCUT2D eigenvalue weighted by Gasteiger charge is 2.06. The van der Waals surface area contributed by atoms with Crippen LogP contribution in [0, 0.1) is 18.6 Å². The van der Waals surface area contributed by atoms with Crippen LogP contribution in [0.5, 0.6) is 0 Å². The number of rotatable bonds is 3. The van der Waals surface area contributed by atoms with Crippen molar-refractivity contribution in [1.82, 2.24) is 9.55 Å². The van der Waals surface area contributed by atoms with Crippen LogP contribution in [0.25, 0.3) is 0 Å². The lowest BCUT2D eigenvalue weighted by Gasteiger charge is -2.07. The van der Waals surface area contributed by atoms with Crippen LogP contribution in [-0.4, -0.2) is 16.6 Å². The first kappa shape index (κ1) is 11.6. The molecule has 0 aliphatic heterocycles. The molecule has 1 heterocycles. The third kappa shape index (κ3) is 2.43. The second kappa shape index (κ2) is 4.53. The summed E-state index contributed by atoms with van der Waals surface area (Å²) in [4.78, 5) is 4.25. The number of hydrogen-bond donors (Lipinski definition) is 1. The molecule has 0 aliphatic carbocycles. The largest absolute Gasteiger partial charge is 0.359 e. The quantitative estimate of drug-likeness (QED) is 0.889. The molecule has 3 nitrogen and oxygen atoms in total. The molecule has 0 amide bonds. The van der Waals surface area contributed by atoms with Gasteiger partial charge in [0, 0.05) is 13.2 Å². The fraction of sp³-hybridized carbons (Fsp3) is 0.250. The minimum atomic E-state index is -0.829. The predicted octanol–water partition coefficient (Wildman–Crippen LogP) is 2.56. The number of hydrogen-bond acceptors (Lipinski definition) is 2. The second-order valence-electron chi connectivity index (χ2n) is 3.83. The molecule has 0 radical (unpaired) electrons. The lowest BCUT2D eigenvalue weighted by atomic mass is 10.2. The van der Waals surface area contributed by atoms with E-state index >= 15 is 0 Å². The van der Waals surface area contributed by atoms with Crippen molar-refractivity contribution in [3.63, 3.8) is 0 Å². The van der Waals surface area contributed by atoms with Crippen molar-refractivity contribution in [2.45, 2.75) is 13.5 Å². The van der Waals surface area contributed by atoms with Gasteiger partial charge >= 0.3 is 0 Å². The lowest BCUT2D eigenvalue weighted by molar-refractivity contribution is 0.506. The van der Waals surface area contributed by atoms with E-state index in [0.29, 0.717) is 18.1 Å². The molecule has 2 rings (SSSR count). The number of benzene rings is 1. The first-order valence-electron chi connectivity index (χ1n) is 5.25. The van der Waals surface area contributed by atoms with E-state index < -0.39 is 11.6 Å². The van der Waals surface area contributed by atoms with Crippen molar-refractivity contribution >= 4 is 5.95 Å². The average molecular weight is 237 g/mol. The van der Waals surface area contributed by atoms with Crippen LogP contribution < -0.4 is 5.32 Å². The fourth-order valence-corrected chi connectivity index (χ4v) is 1.70. The Morgan fingerprint density at radius 2 is 2.06 bits per heavy atom. The molecule has 0 saturated carbocycles. The van der Waals surface area contributed by atoms with E-state index in [4.69, 9.17) is 0 Å². The third-order valence-electron chi connectivity index (χ3n) is 2.46. The first-order valence-corrected chi connectivity index (χ1v) is 5.25. The second-order valence-corrected chi connectivity index (χ2v) is 3.83. The van der Waals surface area contributed by atoms with Crippen molar-refractivity contribution < 1.29 is 8.78 Å². The van der Waals surface area contributed by atoms with Gasteiger partial charge in [-0.25, -0.2) is 13.8 Å². The van der Waals surface area contributed by atoms with E-state index in [9.17, 15) is 8.78 Å². The molecule has 0 atom stereocenters. The molecule has 0 aliphatic rings. The maximum atomic E-state index is 13.1. The molecule has 17 heavy (non-hydrogen) atoms. The van der Waals surface area contributed by atoms with E-state index in [0.717, 1.165) is 11.8 Å². The number of nitrogens with one attached hydrogen (secondary N) is 1. The first-order chi connectivity index (χ1) is 8.10. The molecule has 0 bridgehead atoms. The van der Waals surface area contributed by atoms with Crippen LogP contribution in [-0.2, 0) is 6.54 Å². The third-order valence-corrected chi connectivity index (χ3v) is 2.46. The number of aromatic nitrogens is 2. The average Bonchev–Trinajstić information content (AvgIpc) is 2.64. The molecule has 0 unspecified atom stereocenters. The number of anilines is 1. The molecule has 90 valence electrons. The standard InChI is InChI=1S/C12H13F2N3/c1-8-6-17(12(15-2)16-8)7-9-3-4-10(13)11(14)5-9/h3-6H,7H2,1-2H3,(H,15,16). The summed E-state index contributed by atoms with van der Waals surface area (Å²) in [6.45, 7) is 2.33.